The van der Waals surface area contributed by atoms with Gasteiger partial charge in [0.05, 0.1) is 9.80 Å². The number of Topliss-reactive ketones (excluding diaryl/α,β-unsaturated/α-hetero) is 1. The molecule has 2 aromatic rings. The van der Waals surface area contributed by atoms with Crippen molar-refractivity contribution >= 4 is 20.5 Å². The van der Waals surface area contributed by atoms with Crippen LogP contribution in [0, 0.1) is 6.92 Å². The van der Waals surface area contributed by atoms with Gasteiger partial charge in [0.2, 0.25) is 9.84 Å². The second kappa shape index (κ2) is 10.4. The van der Waals surface area contributed by atoms with E-state index in [4.69, 9.17) is 0 Å². The van der Waals surface area contributed by atoms with Crippen LogP contribution in [-0.4, -0.2) is 14.2 Å². The number of unbranched alkanes of at least 4 members (excludes halogenated alkanes) is 2. The van der Waals surface area contributed by atoms with Crippen LogP contribution < -0.4 is 0 Å². The van der Waals surface area contributed by atoms with Gasteiger partial charge in [0, 0.05) is 5.56 Å². The maximum absolute atomic E-state index is 13.7. The molecule has 0 heterocycles. The highest BCUT2D eigenvalue weighted by molar-refractivity contribution is 8.00. The monoisotopic (exact) mass is 410 g/mol. The average Bonchev–Trinajstić information content (AvgIpc) is 2.69. The lowest BCUT2D eigenvalue weighted by Crippen LogP contribution is -2.08. The van der Waals surface area contributed by atoms with E-state index in [1.54, 1.807) is 42.5 Å². The van der Waals surface area contributed by atoms with E-state index in [-0.39, 0.29) is 10.7 Å². The van der Waals surface area contributed by atoms with Crippen molar-refractivity contribution < 1.29 is 13.2 Å². The minimum Gasteiger partial charge on any atom is -0.295 e. The summed E-state index contributed by atoms with van der Waals surface area (Å²) >= 11 is 0. The van der Waals surface area contributed by atoms with Crippen molar-refractivity contribution in [2.75, 3.05) is 0 Å². The fourth-order valence-corrected chi connectivity index (χ4v) is 5.05. The van der Waals surface area contributed by atoms with Gasteiger partial charge in [0.1, 0.15) is 0 Å². The van der Waals surface area contributed by atoms with Crippen LogP contribution in [0.1, 0.15) is 67.4 Å². The second-order valence-corrected chi connectivity index (χ2v) is 9.22. The van der Waals surface area contributed by atoms with Crippen molar-refractivity contribution in [3.05, 3.63) is 83.4 Å². The van der Waals surface area contributed by atoms with Gasteiger partial charge in [0.15, 0.2) is 5.78 Å². The highest BCUT2D eigenvalue weighted by Crippen LogP contribution is 2.35. The number of sulfone groups is 1. The van der Waals surface area contributed by atoms with Crippen LogP contribution in [-0.2, 0) is 9.84 Å². The Morgan fingerprint density at radius 1 is 0.966 bits per heavy atom. The number of rotatable bonds is 10. The van der Waals surface area contributed by atoms with E-state index in [0.29, 0.717) is 28.9 Å². The molecule has 0 unspecified atom stereocenters. The minimum atomic E-state index is -3.72. The number of allylic oxidation sites excluding steroid dienone is 2. The standard InChI is InChI=1S/C25H30O3S/c1-5-7-8-10-22(9-6-2)25(23-15-13-21(14-16-23)20(4)26)29(27,28)24-17-11-19(3)12-18-24/h6,11-18H,2,5,7-10H2,1,3-4H3/b25-22-. The molecule has 0 atom stereocenters. The lowest BCUT2D eigenvalue weighted by molar-refractivity contribution is 0.101. The highest BCUT2D eigenvalue weighted by atomic mass is 32.2. The van der Waals surface area contributed by atoms with Gasteiger partial charge in [-0.05, 0) is 56.4 Å². The van der Waals surface area contributed by atoms with Crippen LogP contribution >= 0.6 is 0 Å². The summed E-state index contributed by atoms with van der Waals surface area (Å²) in [7, 11) is -3.72. The molecule has 0 bridgehead atoms. The van der Waals surface area contributed by atoms with Crippen molar-refractivity contribution in [3.63, 3.8) is 0 Å². The van der Waals surface area contributed by atoms with E-state index in [2.05, 4.69) is 13.5 Å². The molecule has 3 nitrogen and oxygen atoms in total. The molecule has 0 N–H and O–H groups in total. The zero-order valence-corrected chi connectivity index (χ0v) is 18.4. The number of aryl methyl sites for hydroxylation is 1. The quantitative estimate of drug-likeness (QED) is 0.254. The van der Waals surface area contributed by atoms with Gasteiger partial charge in [0.25, 0.3) is 0 Å². The van der Waals surface area contributed by atoms with Crippen molar-refractivity contribution in [3.8, 4) is 0 Å². The van der Waals surface area contributed by atoms with Crippen molar-refractivity contribution in [2.45, 2.75) is 57.8 Å². The Labute approximate surface area is 175 Å². The molecule has 0 aliphatic rings. The molecule has 0 saturated carbocycles. The zero-order valence-electron chi connectivity index (χ0n) is 17.6. The molecule has 29 heavy (non-hydrogen) atoms. The zero-order chi connectivity index (χ0) is 21.4. The maximum atomic E-state index is 13.7. The van der Waals surface area contributed by atoms with Crippen molar-refractivity contribution in [1.82, 2.24) is 0 Å². The predicted molar refractivity (Wildman–Crippen MR) is 121 cm³/mol. The van der Waals surface area contributed by atoms with E-state index >= 15 is 0 Å². The smallest absolute Gasteiger partial charge is 0.207 e. The number of ketones is 1. The summed E-state index contributed by atoms with van der Waals surface area (Å²) in [5.74, 6) is -0.0438. The first-order valence-electron chi connectivity index (χ1n) is 10.1. The Balaban J connectivity index is 2.68. The Morgan fingerprint density at radius 3 is 2.07 bits per heavy atom. The molecule has 0 amide bonds. The highest BCUT2D eigenvalue weighted by Gasteiger charge is 2.25. The first-order chi connectivity index (χ1) is 13.8. The molecule has 0 radical (unpaired) electrons. The van der Waals surface area contributed by atoms with Gasteiger partial charge >= 0.3 is 0 Å². The normalized spacial score (nSPS) is 12.4. The van der Waals surface area contributed by atoms with E-state index in [0.717, 1.165) is 30.4 Å². The second-order valence-electron chi connectivity index (χ2n) is 7.33. The number of carbonyl (C=O) groups excluding carboxylic acids is 1. The van der Waals surface area contributed by atoms with Gasteiger partial charge in [-0.3, -0.25) is 4.79 Å². The molecule has 0 aromatic heterocycles. The van der Waals surface area contributed by atoms with Crippen LogP contribution in [0.2, 0.25) is 0 Å². The van der Waals surface area contributed by atoms with E-state index in [1.807, 2.05) is 19.1 Å². The van der Waals surface area contributed by atoms with Crippen molar-refractivity contribution in [1.29, 1.82) is 0 Å². The summed E-state index contributed by atoms with van der Waals surface area (Å²) in [5.41, 5.74) is 3.06. The lowest BCUT2D eigenvalue weighted by Gasteiger charge is -2.17. The molecule has 2 aromatic carbocycles. The molecular formula is C25H30O3S. The molecule has 0 aliphatic heterocycles. The van der Waals surface area contributed by atoms with Crippen LogP contribution in [0.25, 0.3) is 4.91 Å². The molecule has 0 fully saturated rings. The molecule has 4 heteroatoms. The summed E-state index contributed by atoms with van der Waals surface area (Å²) in [6.07, 6.45) is 6.01. The average molecular weight is 411 g/mol. The van der Waals surface area contributed by atoms with Crippen LogP contribution in [0.3, 0.4) is 0 Å². The number of hydrogen-bond donors (Lipinski definition) is 0. The Kier molecular flexibility index (Phi) is 8.15. The van der Waals surface area contributed by atoms with Gasteiger partial charge in [-0.15, -0.1) is 6.58 Å². The first kappa shape index (κ1) is 22.8. The van der Waals surface area contributed by atoms with Gasteiger partial charge in [-0.1, -0.05) is 67.8 Å². The van der Waals surface area contributed by atoms with E-state index < -0.39 is 9.84 Å². The molecule has 154 valence electrons. The molecule has 0 spiro atoms. The summed E-state index contributed by atoms with van der Waals surface area (Å²) in [5, 5.41) is 0. The molecule has 0 aliphatic carbocycles. The first-order valence-corrected chi connectivity index (χ1v) is 11.6. The van der Waals surface area contributed by atoms with E-state index in [9.17, 15) is 13.2 Å². The third kappa shape index (κ3) is 5.77. The van der Waals surface area contributed by atoms with Crippen molar-refractivity contribution in [2.24, 2.45) is 0 Å². The van der Waals surface area contributed by atoms with Gasteiger partial charge in [-0.25, -0.2) is 8.42 Å². The lowest BCUT2D eigenvalue weighted by atomic mass is 10.00. The molecular weight excluding hydrogens is 380 g/mol. The predicted octanol–water partition coefficient (Wildman–Crippen LogP) is 6.54. The van der Waals surface area contributed by atoms with Crippen LogP contribution in [0.5, 0.6) is 0 Å². The topological polar surface area (TPSA) is 51.2 Å². The Bertz CT molecular complexity index is 979. The summed E-state index contributed by atoms with van der Waals surface area (Å²) in [6, 6.07) is 13.8. The van der Waals surface area contributed by atoms with Gasteiger partial charge in [-0.2, -0.15) is 0 Å². The van der Waals surface area contributed by atoms with E-state index in [1.165, 1.54) is 6.92 Å². The maximum Gasteiger partial charge on any atom is 0.207 e. The SMILES string of the molecule is C=CC/C(CCCCC)=C(\c1ccc(C(C)=O)cc1)S(=O)(=O)c1ccc(C)cc1. The minimum absolute atomic E-state index is 0.0438. The Hall–Kier alpha value is -2.46. The fraction of sp³-hybridized carbons (Fsp3) is 0.320. The van der Waals surface area contributed by atoms with Crippen LogP contribution in [0.4, 0.5) is 0 Å². The molecule has 0 saturated heterocycles. The summed E-state index contributed by atoms with van der Waals surface area (Å²) in [4.78, 5) is 12.3. The number of hydrogen-bond acceptors (Lipinski definition) is 3. The fourth-order valence-electron chi connectivity index (χ4n) is 3.31. The van der Waals surface area contributed by atoms with Crippen LogP contribution in [0.15, 0.2) is 71.7 Å². The number of carbonyl (C=O) groups is 1. The Morgan fingerprint density at radius 2 is 1.55 bits per heavy atom. The summed E-state index contributed by atoms with van der Waals surface area (Å²) in [6.45, 7) is 9.40. The third-order valence-corrected chi connectivity index (χ3v) is 6.90. The summed E-state index contributed by atoms with van der Waals surface area (Å²) < 4.78 is 27.3. The third-order valence-electron chi connectivity index (χ3n) is 4.95. The largest absolute Gasteiger partial charge is 0.295 e. The van der Waals surface area contributed by atoms with Gasteiger partial charge < -0.3 is 0 Å². The number of benzene rings is 2. The molecule has 2 rings (SSSR count).